The normalized spacial score (nSPS) is 13.4. The van der Waals surface area contributed by atoms with Crippen molar-refractivity contribution in [1.82, 2.24) is 9.55 Å². The van der Waals surface area contributed by atoms with Gasteiger partial charge in [-0.2, -0.15) is 0 Å². The molecule has 1 aromatic heterocycles. The monoisotopic (exact) mass is 886 g/mol. The van der Waals surface area contributed by atoms with Crippen LogP contribution in [0, 0.1) is 0 Å². The molecule has 2 heteroatoms. The van der Waals surface area contributed by atoms with Crippen LogP contribution in [0.2, 0.25) is 0 Å². The predicted molar refractivity (Wildman–Crippen MR) is 294 cm³/mol. The van der Waals surface area contributed by atoms with Gasteiger partial charge >= 0.3 is 0 Å². The van der Waals surface area contributed by atoms with Crippen LogP contribution in [0.15, 0.2) is 218 Å². The Bertz CT molecular complexity index is 4430. The number of hydrogen-bond acceptors (Lipinski definition) is 1. The molecule has 12 aromatic carbocycles. The molecule has 0 atom stereocenters. The second kappa shape index (κ2) is 13.7. The van der Waals surface area contributed by atoms with Gasteiger partial charge in [-0.15, -0.1) is 0 Å². The van der Waals surface area contributed by atoms with Crippen molar-refractivity contribution >= 4 is 54.1 Å². The van der Waals surface area contributed by atoms with Crippen molar-refractivity contribution in [3.05, 3.63) is 230 Å². The van der Waals surface area contributed by atoms with Crippen molar-refractivity contribution < 1.29 is 0 Å². The van der Waals surface area contributed by atoms with Crippen molar-refractivity contribution in [3.63, 3.8) is 0 Å². The fraction of sp³-hybridized carbons (Fsp3) is 0.0441. The van der Waals surface area contributed by atoms with Crippen LogP contribution in [-0.2, 0) is 5.41 Å². The van der Waals surface area contributed by atoms with Gasteiger partial charge in [0.25, 0.3) is 0 Å². The fourth-order valence-corrected chi connectivity index (χ4v) is 13.3. The van der Waals surface area contributed by atoms with Gasteiger partial charge in [0, 0.05) is 16.7 Å². The third-order valence-electron chi connectivity index (χ3n) is 16.3. The lowest BCUT2D eigenvalue weighted by Crippen LogP contribution is -2.14. The summed E-state index contributed by atoms with van der Waals surface area (Å²) in [7, 11) is 0. The van der Waals surface area contributed by atoms with Crippen LogP contribution in [0.5, 0.6) is 0 Å². The van der Waals surface area contributed by atoms with E-state index in [0.29, 0.717) is 0 Å². The van der Waals surface area contributed by atoms with E-state index in [2.05, 4.69) is 237 Å². The van der Waals surface area contributed by atoms with Gasteiger partial charge in [0.05, 0.1) is 11.0 Å². The molecular weight excluding hydrogens is 845 g/mol. The van der Waals surface area contributed by atoms with Crippen LogP contribution in [0.3, 0.4) is 0 Å². The Hall–Kier alpha value is -8.85. The molecule has 0 amide bonds. The Kier molecular flexibility index (Phi) is 7.44. The molecule has 324 valence electrons. The molecular formula is C68H42N2. The standard InChI is InChI=1S/C68H42N2/c1-68(2)59-27-11-10-22-45(59)55-37-57-58(38-60(55)68)66(53-35-33-51-44-21-9-7-19-42(44)47-24-15-26-49(53)64(47)51)56-36-39(67-69-61-28-12-13-29-62(61)70(67)40-16-4-3-5-17-40)30-31-54(56)65(57)52-34-32-50-43-20-8-6-18-41(43)46-23-14-25-48(52)63(46)50/h3-38H,1-2H3. The lowest BCUT2D eigenvalue weighted by Gasteiger charge is -2.25. The maximum absolute atomic E-state index is 5.45. The average molecular weight is 887 g/mol. The Labute approximate surface area is 405 Å². The van der Waals surface area contributed by atoms with E-state index in [1.165, 1.54) is 132 Å². The molecule has 16 rings (SSSR count). The number of hydrogen-bond donors (Lipinski definition) is 0. The van der Waals surface area contributed by atoms with Crippen molar-refractivity contribution in [2.75, 3.05) is 0 Å². The van der Waals surface area contributed by atoms with E-state index in [1.807, 2.05) is 0 Å². The summed E-state index contributed by atoms with van der Waals surface area (Å²) in [4.78, 5) is 5.45. The van der Waals surface area contributed by atoms with Crippen LogP contribution < -0.4 is 0 Å². The maximum Gasteiger partial charge on any atom is 0.145 e. The summed E-state index contributed by atoms with van der Waals surface area (Å²) in [6.45, 7) is 4.82. The van der Waals surface area contributed by atoms with Crippen LogP contribution >= 0.6 is 0 Å². The molecule has 1 heterocycles. The van der Waals surface area contributed by atoms with Crippen LogP contribution in [0.25, 0.3) is 149 Å². The highest BCUT2D eigenvalue weighted by Gasteiger charge is 2.37. The SMILES string of the molecule is CC1(C)c2ccccc2-c2cc3c(-c4ccc5c6c(cccc46)-c4ccccc4-5)c4ccc(-c5nc6ccccc6n5-c5ccccc5)cc4c(-c4ccc5c6c(cccc46)-c4ccccc4-5)c3cc21. The highest BCUT2D eigenvalue weighted by molar-refractivity contribution is 6.30. The van der Waals surface area contributed by atoms with Crippen molar-refractivity contribution in [2.24, 2.45) is 0 Å². The molecule has 0 radical (unpaired) electrons. The molecule has 0 fully saturated rings. The summed E-state index contributed by atoms with van der Waals surface area (Å²) >= 11 is 0. The predicted octanol–water partition coefficient (Wildman–Crippen LogP) is 18.2. The number of imidazole rings is 1. The molecule has 0 N–H and O–H groups in total. The highest BCUT2D eigenvalue weighted by Crippen LogP contribution is 2.57. The summed E-state index contributed by atoms with van der Waals surface area (Å²) in [6.07, 6.45) is 0. The van der Waals surface area contributed by atoms with Gasteiger partial charge in [-0.25, -0.2) is 4.98 Å². The van der Waals surface area contributed by atoms with Crippen LogP contribution in [0.4, 0.5) is 0 Å². The van der Waals surface area contributed by atoms with Gasteiger partial charge in [0.2, 0.25) is 0 Å². The first-order valence-electron chi connectivity index (χ1n) is 24.5. The summed E-state index contributed by atoms with van der Waals surface area (Å²) in [5, 5.41) is 10.2. The summed E-state index contributed by atoms with van der Waals surface area (Å²) in [5.41, 5.74) is 24.9. The Morgan fingerprint density at radius 3 is 1.49 bits per heavy atom. The van der Waals surface area contributed by atoms with Crippen molar-refractivity contribution in [3.8, 4) is 95.0 Å². The van der Waals surface area contributed by atoms with Gasteiger partial charge in [-0.3, -0.25) is 4.57 Å². The lowest BCUT2D eigenvalue weighted by atomic mass is 9.78. The zero-order valence-electron chi connectivity index (χ0n) is 38.7. The molecule has 0 aliphatic heterocycles. The zero-order chi connectivity index (χ0) is 46.0. The zero-order valence-corrected chi connectivity index (χ0v) is 38.7. The lowest BCUT2D eigenvalue weighted by molar-refractivity contribution is 0.661. The minimum absolute atomic E-state index is 0.202. The summed E-state index contributed by atoms with van der Waals surface area (Å²) < 4.78 is 2.34. The fourth-order valence-electron chi connectivity index (χ4n) is 13.3. The van der Waals surface area contributed by atoms with Gasteiger partial charge < -0.3 is 0 Å². The van der Waals surface area contributed by atoms with Crippen molar-refractivity contribution in [1.29, 1.82) is 0 Å². The third-order valence-corrected chi connectivity index (χ3v) is 16.3. The molecule has 2 nitrogen and oxygen atoms in total. The van der Waals surface area contributed by atoms with Crippen LogP contribution in [0.1, 0.15) is 25.0 Å². The van der Waals surface area contributed by atoms with E-state index in [1.54, 1.807) is 0 Å². The van der Waals surface area contributed by atoms with E-state index in [0.717, 1.165) is 28.1 Å². The Morgan fingerprint density at radius 1 is 0.329 bits per heavy atom. The number of nitrogens with zero attached hydrogens (tertiary/aromatic N) is 2. The number of aromatic nitrogens is 2. The second-order valence-corrected chi connectivity index (χ2v) is 20.1. The molecule has 3 aliphatic carbocycles. The van der Waals surface area contributed by atoms with E-state index >= 15 is 0 Å². The quantitative estimate of drug-likeness (QED) is 0.161. The molecule has 0 bridgehead atoms. The molecule has 0 saturated carbocycles. The van der Waals surface area contributed by atoms with Gasteiger partial charge in [-0.05, 0) is 175 Å². The molecule has 70 heavy (non-hydrogen) atoms. The average Bonchev–Trinajstić information content (AvgIpc) is 4.13. The summed E-state index contributed by atoms with van der Waals surface area (Å²) in [6, 6.07) is 82.0. The van der Waals surface area contributed by atoms with Gasteiger partial charge in [0.1, 0.15) is 5.82 Å². The molecule has 0 saturated heterocycles. The molecule has 3 aliphatic rings. The number of benzene rings is 12. The smallest absolute Gasteiger partial charge is 0.145 e. The first kappa shape index (κ1) is 38.2. The Balaban J connectivity index is 1.09. The first-order chi connectivity index (χ1) is 34.5. The van der Waals surface area contributed by atoms with E-state index in [-0.39, 0.29) is 5.41 Å². The van der Waals surface area contributed by atoms with Crippen LogP contribution in [-0.4, -0.2) is 9.55 Å². The van der Waals surface area contributed by atoms with E-state index in [4.69, 9.17) is 4.98 Å². The van der Waals surface area contributed by atoms with Crippen molar-refractivity contribution in [2.45, 2.75) is 19.3 Å². The largest absolute Gasteiger partial charge is 0.292 e. The van der Waals surface area contributed by atoms with Gasteiger partial charge in [-0.1, -0.05) is 190 Å². The third kappa shape index (κ3) is 4.89. The van der Waals surface area contributed by atoms with E-state index < -0.39 is 0 Å². The molecule has 0 spiro atoms. The first-order valence-corrected chi connectivity index (χ1v) is 24.5. The van der Waals surface area contributed by atoms with Gasteiger partial charge in [0.15, 0.2) is 0 Å². The second-order valence-electron chi connectivity index (χ2n) is 20.1. The minimum atomic E-state index is -0.202. The Morgan fingerprint density at radius 2 is 0.829 bits per heavy atom. The number of para-hydroxylation sites is 3. The minimum Gasteiger partial charge on any atom is -0.292 e. The highest BCUT2D eigenvalue weighted by atomic mass is 15.1. The molecule has 13 aromatic rings. The maximum atomic E-state index is 5.45. The molecule has 0 unspecified atom stereocenters. The summed E-state index contributed by atoms with van der Waals surface area (Å²) in [5.74, 6) is 0.923. The topological polar surface area (TPSA) is 17.8 Å². The number of fused-ring (bicyclic) bond motifs is 12. The van der Waals surface area contributed by atoms with E-state index in [9.17, 15) is 0 Å². The number of rotatable bonds is 4.